The summed E-state index contributed by atoms with van der Waals surface area (Å²) in [4.78, 5) is 16.3. The predicted octanol–water partition coefficient (Wildman–Crippen LogP) is 3.23. The monoisotopic (exact) mass is 326 g/mol. The average molecular weight is 327 g/mol. The van der Waals surface area contributed by atoms with Crippen LogP contribution in [-0.4, -0.2) is 21.2 Å². The zero-order chi connectivity index (χ0) is 16.2. The van der Waals surface area contributed by atoms with Crippen molar-refractivity contribution >= 4 is 34.3 Å². The van der Waals surface area contributed by atoms with Crippen molar-refractivity contribution in [3.8, 4) is 0 Å². The van der Waals surface area contributed by atoms with Crippen LogP contribution in [0, 0.1) is 0 Å². The van der Waals surface area contributed by atoms with Gasteiger partial charge in [-0.25, -0.2) is 10.4 Å². The van der Waals surface area contributed by atoms with Crippen LogP contribution >= 0.6 is 11.6 Å². The van der Waals surface area contributed by atoms with E-state index < -0.39 is 0 Å². The summed E-state index contributed by atoms with van der Waals surface area (Å²) in [5, 5.41) is 4.79. The molecule has 1 heterocycles. The Balaban J connectivity index is 1.67. The topological polar surface area (TPSA) is 59.3 Å². The second kappa shape index (κ2) is 6.62. The summed E-state index contributed by atoms with van der Waals surface area (Å²) in [5.74, 6) is -0.207. The molecule has 3 rings (SSSR count). The number of para-hydroxylation sites is 2. The van der Waals surface area contributed by atoms with Crippen LogP contribution in [0.5, 0.6) is 0 Å². The molecule has 0 aliphatic rings. The highest BCUT2D eigenvalue weighted by Crippen LogP contribution is 2.12. The van der Waals surface area contributed by atoms with Crippen LogP contribution in [0.15, 0.2) is 60.0 Å². The van der Waals surface area contributed by atoms with Gasteiger partial charge in [0.25, 0.3) is 5.91 Å². The van der Waals surface area contributed by atoms with Gasteiger partial charge in [-0.1, -0.05) is 35.9 Å². The minimum Gasteiger partial charge on any atom is -0.321 e. The number of carbonyl (C=O) groups is 1. The summed E-state index contributed by atoms with van der Waals surface area (Å²) in [7, 11) is 0. The van der Waals surface area contributed by atoms with Gasteiger partial charge < -0.3 is 4.57 Å². The lowest BCUT2D eigenvalue weighted by Gasteiger charge is -2.05. The lowest BCUT2D eigenvalue weighted by molar-refractivity contribution is -0.121. The molecule has 1 aromatic heterocycles. The number of rotatable bonds is 4. The highest BCUT2D eigenvalue weighted by Gasteiger charge is 2.06. The minimum atomic E-state index is -0.207. The molecule has 0 atom stereocenters. The van der Waals surface area contributed by atoms with Gasteiger partial charge in [-0.15, -0.1) is 0 Å². The van der Waals surface area contributed by atoms with E-state index in [9.17, 15) is 4.79 Å². The van der Waals surface area contributed by atoms with E-state index in [0.29, 0.717) is 10.7 Å². The fourth-order valence-corrected chi connectivity index (χ4v) is 2.35. The van der Waals surface area contributed by atoms with E-state index in [1.807, 2.05) is 43.3 Å². The van der Waals surface area contributed by atoms with Crippen molar-refractivity contribution in [1.29, 1.82) is 0 Å². The number of nitrogens with one attached hydrogen (secondary N) is 1. The number of fused-ring (bicyclic) bond motifs is 1. The molecule has 5 nitrogen and oxygen atoms in total. The zero-order valence-electron chi connectivity index (χ0n) is 12.5. The summed E-state index contributed by atoms with van der Waals surface area (Å²) in [6, 6.07) is 15.0. The maximum Gasteiger partial charge on any atom is 0.260 e. The molecule has 0 spiro atoms. The molecule has 0 fully saturated rings. The zero-order valence-corrected chi connectivity index (χ0v) is 13.3. The lowest BCUT2D eigenvalue weighted by atomic mass is 10.1. The van der Waals surface area contributed by atoms with Gasteiger partial charge in [-0.2, -0.15) is 5.10 Å². The number of aromatic nitrogens is 2. The Morgan fingerprint density at radius 1 is 1.22 bits per heavy atom. The van der Waals surface area contributed by atoms with Gasteiger partial charge in [0.1, 0.15) is 6.54 Å². The maximum atomic E-state index is 12.1. The third kappa shape index (κ3) is 3.57. The second-order valence-electron chi connectivity index (χ2n) is 5.10. The normalized spacial score (nSPS) is 11.7. The van der Waals surface area contributed by atoms with Crippen LogP contribution in [-0.2, 0) is 11.3 Å². The summed E-state index contributed by atoms with van der Waals surface area (Å²) >= 11 is 5.85. The standard InChI is InChI=1S/C17H15ClN4O/c1-12(13-6-8-14(18)9-7-13)20-21-17(23)10-22-11-19-15-4-2-3-5-16(15)22/h2-9,11H,10H2,1H3,(H,21,23)/b20-12-. The lowest BCUT2D eigenvalue weighted by Crippen LogP contribution is -2.24. The van der Waals surface area contributed by atoms with Crippen molar-refractivity contribution in [2.75, 3.05) is 0 Å². The number of carbonyl (C=O) groups excluding carboxylic acids is 1. The van der Waals surface area contributed by atoms with Crippen LogP contribution in [0.2, 0.25) is 5.02 Å². The molecule has 0 aliphatic carbocycles. The van der Waals surface area contributed by atoms with Gasteiger partial charge in [0, 0.05) is 5.02 Å². The van der Waals surface area contributed by atoms with Gasteiger partial charge in [0.05, 0.1) is 23.1 Å². The first-order valence-corrected chi connectivity index (χ1v) is 7.50. The largest absolute Gasteiger partial charge is 0.321 e. The number of amides is 1. The number of hydrogen-bond donors (Lipinski definition) is 1. The maximum absolute atomic E-state index is 12.1. The molecule has 116 valence electrons. The van der Waals surface area contributed by atoms with E-state index in [1.165, 1.54) is 0 Å². The summed E-state index contributed by atoms with van der Waals surface area (Å²) in [6.45, 7) is 1.99. The molecule has 0 saturated carbocycles. The Labute approximate surface area is 138 Å². The third-order valence-corrected chi connectivity index (χ3v) is 3.70. The van der Waals surface area contributed by atoms with Crippen LogP contribution in [0.1, 0.15) is 12.5 Å². The molecular weight excluding hydrogens is 312 g/mol. The molecular formula is C17H15ClN4O. The highest BCUT2D eigenvalue weighted by molar-refractivity contribution is 6.30. The molecule has 23 heavy (non-hydrogen) atoms. The average Bonchev–Trinajstić information content (AvgIpc) is 2.96. The third-order valence-electron chi connectivity index (χ3n) is 3.45. The van der Waals surface area contributed by atoms with Crippen LogP contribution in [0.4, 0.5) is 0 Å². The molecule has 0 unspecified atom stereocenters. The number of hydrazone groups is 1. The Kier molecular flexibility index (Phi) is 4.39. The molecule has 0 aliphatic heterocycles. The van der Waals surface area contributed by atoms with E-state index in [4.69, 9.17) is 11.6 Å². The van der Waals surface area contributed by atoms with Crippen LogP contribution < -0.4 is 5.43 Å². The number of imidazole rings is 1. The molecule has 6 heteroatoms. The molecule has 1 N–H and O–H groups in total. The van der Waals surface area contributed by atoms with E-state index in [-0.39, 0.29) is 12.5 Å². The minimum absolute atomic E-state index is 0.165. The van der Waals surface area contributed by atoms with Gasteiger partial charge in [0.15, 0.2) is 0 Å². The molecule has 0 bridgehead atoms. The van der Waals surface area contributed by atoms with Gasteiger partial charge in [-0.3, -0.25) is 4.79 Å². The second-order valence-corrected chi connectivity index (χ2v) is 5.54. The smallest absolute Gasteiger partial charge is 0.260 e. The number of benzene rings is 2. The van der Waals surface area contributed by atoms with Crippen molar-refractivity contribution in [1.82, 2.24) is 15.0 Å². The summed E-state index contributed by atoms with van der Waals surface area (Å²) < 4.78 is 1.79. The Morgan fingerprint density at radius 3 is 2.74 bits per heavy atom. The molecule has 0 saturated heterocycles. The highest BCUT2D eigenvalue weighted by atomic mass is 35.5. The Morgan fingerprint density at radius 2 is 1.96 bits per heavy atom. The summed E-state index contributed by atoms with van der Waals surface area (Å²) in [6.07, 6.45) is 1.65. The van der Waals surface area contributed by atoms with Crippen LogP contribution in [0.3, 0.4) is 0 Å². The Bertz CT molecular complexity index is 868. The van der Waals surface area contributed by atoms with E-state index in [0.717, 1.165) is 16.6 Å². The fourth-order valence-electron chi connectivity index (χ4n) is 2.23. The summed E-state index contributed by atoms with van der Waals surface area (Å²) in [5.41, 5.74) is 5.96. The molecule has 2 aromatic carbocycles. The first-order valence-electron chi connectivity index (χ1n) is 7.12. The number of nitrogens with zero attached hydrogens (tertiary/aromatic N) is 3. The first-order chi connectivity index (χ1) is 11.1. The van der Waals surface area contributed by atoms with Crippen molar-refractivity contribution in [3.05, 3.63) is 65.4 Å². The van der Waals surface area contributed by atoms with Crippen LogP contribution in [0.25, 0.3) is 11.0 Å². The van der Waals surface area contributed by atoms with Gasteiger partial charge >= 0.3 is 0 Å². The quantitative estimate of drug-likeness (QED) is 0.591. The molecule has 0 radical (unpaired) electrons. The van der Waals surface area contributed by atoms with Crippen molar-refractivity contribution in [2.45, 2.75) is 13.5 Å². The van der Waals surface area contributed by atoms with E-state index >= 15 is 0 Å². The first kappa shape index (κ1) is 15.2. The molecule has 3 aromatic rings. The van der Waals surface area contributed by atoms with E-state index in [1.54, 1.807) is 23.0 Å². The van der Waals surface area contributed by atoms with E-state index in [2.05, 4.69) is 15.5 Å². The van der Waals surface area contributed by atoms with Crippen molar-refractivity contribution in [3.63, 3.8) is 0 Å². The van der Waals surface area contributed by atoms with Crippen molar-refractivity contribution < 1.29 is 4.79 Å². The predicted molar refractivity (Wildman–Crippen MR) is 91.5 cm³/mol. The van der Waals surface area contributed by atoms with Gasteiger partial charge in [-0.05, 0) is 36.8 Å². The van der Waals surface area contributed by atoms with Crippen molar-refractivity contribution in [2.24, 2.45) is 5.10 Å². The Hall–Kier alpha value is -2.66. The number of halogens is 1. The SMILES string of the molecule is C/C(=N/NC(=O)Cn1cnc2ccccc21)c1ccc(Cl)cc1. The van der Waals surface area contributed by atoms with Gasteiger partial charge in [0.2, 0.25) is 0 Å². The molecule has 1 amide bonds. The fraction of sp³-hybridized carbons (Fsp3) is 0.118. The number of hydrogen-bond acceptors (Lipinski definition) is 3.